The number of hydrogen-bond donors (Lipinski definition) is 0. The van der Waals surface area contributed by atoms with Gasteiger partial charge in [0.25, 0.3) is 0 Å². The molecule has 0 aliphatic rings. The molecule has 152 valence electrons. The average Bonchev–Trinajstić information content (AvgIpc) is 2.76. The molecule has 0 saturated carbocycles. The molecule has 2 aromatic carbocycles. The summed E-state index contributed by atoms with van der Waals surface area (Å²) in [6, 6.07) is 10.5. The van der Waals surface area contributed by atoms with Crippen LogP contribution in [0.15, 0.2) is 36.4 Å². The molecule has 1 aromatic heterocycles. The number of para-hydroxylation sites is 2. The number of carbonyl (C=O) groups is 1. The third-order valence-electron chi connectivity index (χ3n) is 4.57. The van der Waals surface area contributed by atoms with Gasteiger partial charge in [0, 0.05) is 5.56 Å². The van der Waals surface area contributed by atoms with Crippen molar-refractivity contribution in [1.29, 1.82) is 0 Å². The first kappa shape index (κ1) is 20.4. The summed E-state index contributed by atoms with van der Waals surface area (Å²) in [6.07, 6.45) is 0.656. The van der Waals surface area contributed by atoms with Crippen LogP contribution in [-0.4, -0.2) is 43.2 Å². The van der Waals surface area contributed by atoms with Crippen LogP contribution < -0.4 is 18.9 Å². The number of nitrogens with zero attached hydrogens (tertiary/aromatic N) is 2. The number of rotatable bonds is 8. The SMILES string of the molecule is CCC(C)Oc1nc2ccccc2nc1C(=O)c1cc(OC)c(OC)c(OC)c1. The monoisotopic (exact) mass is 396 g/mol. The molecule has 0 aliphatic heterocycles. The van der Waals surface area contributed by atoms with Gasteiger partial charge in [0.15, 0.2) is 17.2 Å². The zero-order chi connectivity index (χ0) is 21.0. The second kappa shape index (κ2) is 8.77. The number of ketones is 1. The highest BCUT2D eigenvalue weighted by atomic mass is 16.5. The normalized spacial score (nSPS) is 11.8. The molecule has 0 radical (unpaired) electrons. The summed E-state index contributed by atoms with van der Waals surface area (Å²) >= 11 is 0. The molecular formula is C22H24N2O5. The Kier molecular flexibility index (Phi) is 6.16. The van der Waals surface area contributed by atoms with Gasteiger partial charge in [-0.3, -0.25) is 4.79 Å². The number of aromatic nitrogens is 2. The van der Waals surface area contributed by atoms with E-state index in [0.717, 1.165) is 6.42 Å². The molecule has 0 amide bonds. The standard InChI is InChI=1S/C22H24N2O5/c1-6-13(2)29-22-19(23-15-9-7-8-10-16(15)24-22)20(25)14-11-17(26-3)21(28-5)18(12-14)27-4/h7-13H,6H2,1-5H3. The Bertz CT molecular complexity index is 1010. The van der Waals surface area contributed by atoms with Gasteiger partial charge in [0.1, 0.15) is 0 Å². The topological polar surface area (TPSA) is 79.8 Å². The van der Waals surface area contributed by atoms with Gasteiger partial charge >= 0.3 is 0 Å². The van der Waals surface area contributed by atoms with E-state index in [1.807, 2.05) is 32.0 Å². The summed E-state index contributed by atoms with van der Waals surface area (Å²) in [4.78, 5) is 22.5. The number of benzene rings is 2. The molecule has 0 spiro atoms. The van der Waals surface area contributed by atoms with Gasteiger partial charge in [-0.25, -0.2) is 9.97 Å². The predicted octanol–water partition coefficient (Wildman–Crippen LogP) is 4.06. The van der Waals surface area contributed by atoms with E-state index in [0.29, 0.717) is 33.8 Å². The fraction of sp³-hybridized carbons (Fsp3) is 0.318. The van der Waals surface area contributed by atoms with E-state index in [4.69, 9.17) is 18.9 Å². The van der Waals surface area contributed by atoms with Crippen LogP contribution in [0.3, 0.4) is 0 Å². The lowest BCUT2D eigenvalue weighted by atomic mass is 10.1. The van der Waals surface area contributed by atoms with Crippen molar-refractivity contribution in [2.75, 3.05) is 21.3 Å². The Morgan fingerprint density at radius 3 is 2.07 bits per heavy atom. The zero-order valence-corrected chi connectivity index (χ0v) is 17.2. The maximum atomic E-state index is 13.4. The maximum Gasteiger partial charge on any atom is 0.245 e. The number of ether oxygens (including phenoxy) is 4. The van der Waals surface area contributed by atoms with E-state index < -0.39 is 0 Å². The van der Waals surface area contributed by atoms with Crippen molar-refractivity contribution < 1.29 is 23.7 Å². The van der Waals surface area contributed by atoms with Crippen LogP contribution in [0.1, 0.15) is 36.3 Å². The highest BCUT2D eigenvalue weighted by molar-refractivity contribution is 6.10. The minimum atomic E-state index is -0.346. The van der Waals surface area contributed by atoms with E-state index in [2.05, 4.69) is 9.97 Å². The zero-order valence-electron chi connectivity index (χ0n) is 17.2. The van der Waals surface area contributed by atoms with E-state index in [9.17, 15) is 4.79 Å². The Balaban J connectivity index is 2.16. The number of hydrogen-bond acceptors (Lipinski definition) is 7. The smallest absolute Gasteiger partial charge is 0.245 e. The van der Waals surface area contributed by atoms with Crippen molar-refractivity contribution in [3.8, 4) is 23.1 Å². The Morgan fingerprint density at radius 1 is 0.966 bits per heavy atom. The molecule has 0 N–H and O–H groups in total. The molecule has 3 rings (SSSR count). The van der Waals surface area contributed by atoms with Crippen LogP contribution in [-0.2, 0) is 0 Å². The van der Waals surface area contributed by atoms with Crippen molar-refractivity contribution in [2.24, 2.45) is 0 Å². The third kappa shape index (κ3) is 4.08. The van der Waals surface area contributed by atoms with Crippen molar-refractivity contribution >= 4 is 16.8 Å². The molecule has 1 unspecified atom stereocenters. The summed E-state index contributed by atoms with van der Waals surface area (Å²) in [7, 11) is 4.51. The summed E-state index contributed by atoms with van der Waals surface area (Å²) in [5, 5.41) is 0. The summed E-state index contributed by atoms with van der Waals surface area (Å²) in [5.41, 5.74) is 1.74. The minimum Gasteiger partial charge on any atom is -0.493 e. The molecule has 7 nitrogen and oxygen atoms in total. The molecule has 7 heteroatoms. The molecular weight excluding hydrogens is 372 g/mol. The Morgan fingerprint density at radius 2 is 1.55 bits per heavy atom. The molecule has 1 heterocycles. The van der Waals surface area contributed by atoms with Crippen molar-refractivity contribution in [3.05, 3.63) is 47.7 Å². The first-order valence-corrected chi connectivity index (χ1v) is 9.30. The third-order valence-corrected chi connectivity index (χ3v) is 4.57. The Labute approximate surface area is 169 Å². The summed E-state index contributed by atoms with van der Waals surface area (Å²) in [5.74, 6) is 1.03. The summed E-state index contributed by atoms with van der Waals surface area (Å²) in [6.45, 7) is 3.92. The Hall–Kier alpha value is -3.35. The van der Waals surface area contributed by atoms with Crippen LogP contribution in [0.5, 0.6) is 23.1 Å². The minimum absolute atomic E-state index is 0.114. The lowest BCUT2D eigenvalue weighted by Crippen LogP contribution is -2.16. The molecule has 0 fully saturated rings. The number of carbonyl (C=O) groups excluding carboxylic acids is 1. The van der Waals surface area contributed by atoms with Crippen LogP contribution in [0.25, 0.3) is 11.0 Å². The average molecular weight is 396 g/mol. The quantitative estimate of drug-likeness (QED) is 0.531. The van der Waals surface area contributed by atoms with Crippen LogP contribution in [0.2, 0.25) is 0 Å². The van der Waals surface area contributed by atoms with Gasteiger partial charge in [0.05, 0.1) is 38.5 Å². The number of methoxy groups -OCH3 is 3. The highest BCUT2D eigenvalue weighted by Crippen LogP contribution is 2.39. The van der Waals surface area contributed by atoms with E-state index >= 15 is 0 Å². The first-order chi connectivity index (χ1) is 14.0. The highest BCUT2D eigenvalue weighted by Gasteiger charge is 2.24. The van der Waals surface area contributed by atoms with Gasteiger partial charge in [-0.2, -0.15) is 0 Å². The van der Waals surface area contributed by atoms with Crippen LogP contribution >= 0.6 is 0 Å². The summed E-state index contributed by atoms with van der Waals surface area (Å²) < 4.78 is 22.0. The molecule has 29 heavy (non-hydrogen) atoms. The van der Waals surface area contributed by atoms with Gasteiger partial charge < -0.3 is 18.9 Å². The predicted molar refractivity (Wildman–Crippen MR) is 109 cm³/mol. The fourth-order valence-corrected chi connectivity index (χ4v) is 2.84. The van der Waals surface area contributed by atoms with Crippen LogP contribution in [0.4, 0.5) is 0 Å². The van der Waals surface area contributed by atoms with E-state index in [-0.39, 0.29) is 23.5 Å². The van der Waals surface area contributed by atoms with Crippen molar-refractivity contribution in [3.63, 3.8) is 0 Å². The second-order valence-electron chi connectivity index (χ2n) is 6.45. The lowest BCUT2D eigenvalue weighted by Gasteiger charge is -2.16. The molecule has 0 aliphatic carbocycles. The van der Waals surface area contributed by atoms with Gasteiger partial charge in [0.2, 0.25) is 17.4 Å². The van der Waals surface area contributed by atoms with E-state index in [1.165, 1.54) is 21.3 Å². The molecule has 3 aromatic rings. The first-order valence-electron chi connectivity index (χ1n) is 9.30. The lowest BCUT2D eigenvalue weighted by molar-refractivity contribution is 0.102. The maximum absolute atomic E-state index is 13.4. The largest absolute Gasteiger partial charge is 0.493 e. The number of fused-ring (bicyclic) bond motifs is 1. The molecule has 0 bridgehead atoms. The van der Waals surface area contributed by atoms with Crippen molar-refractivity contribution in [1.82, 2.24) is 9.97 Å². The van der Waals surface area contributed by atoms with E-state index in [1.54, 1.807) is 18.2 Å². The van der Waals surface area contributed by atoms with Crippen LogP contribution in [0, 0.1) is 0 Å². The van der Waals surface area contributed by atoms with Gasteiger partial charge in [-0.05, 0) is 37.6 Å². The molecule has 1 atom stereocenters. The van der Waals surface area contributed by atoms with Gasteiger partial charge in [-0.1, -0.05) is 19.1 Å². The fourth-order valence-electron chi connectivity index (χ4n) is 2.84. The second-order valence-corrected chi connectivity index (χ2v) is 6.45. The molecule has 0 saturated heterocycles. The van der Waals surface area contributed by atoms with Gasteiger partial charge in [-0.15, -0.1) is 0 Å². The van der Waals surface area contributed by atoms with Crippen molar-refractivity contribution in [2.45, 2.75) is 26.4 Å².